The lowest BCUT2D eigenvalue weighted by Gasteiger charge is -2.20. The van der Waals surface area contributed by atoms with Gasteiger partial charge >= 0.3 is 0 Å². The molecule has 1 atom stereocenters. The fourth-order valence-electron chi connectivity index (χ4n) is 2.69. The molecular formula is C13H20ClN3. The molecule has 1 aliphatic rings. The molecule has 3 nitrogen and oxygen atoms in total. The van der Waals surface area contributed by atoms with Crippen molar-refractivity contribution in [3.8, 4) is 0 Å². The van der Waals surface area contributed by atoms with Crippen LogP contribution in [0.25, 0.3) is 0 Å². The van der Waals surface area contributed by atoms with Crippen molar-refractivity contribution in [3.05, 3.63) is 29.0 Å². The maximum absolute atomic E-state index is 6.11. The number of nitrogens with one attached hydrogen (secondary N) is 1. The first kappa shape index (κ1) is 12.8. The topological polar surface area (TPSA) is 50.9 Å². The Morgan fingerprint density at radius 2 is 2.24 bits per heavy atom. The zero-order chi connectivity index (χ0) is 12.1. The van der Waals surface area contributed by atoms with Crippen molar-refractivity contribution in [2.75, 3.05) is 0 Å². The van der Waals surface area contributed by atoms with E-state index < -0.39 is 0 Å². The molecule has 1 saturated carbocycles. The van der Waals surface area contributed by atoms with Gasteiger partial charge in [-0.15, -0.1) is 0 Å². The third-order valence-corrected chi connectivity index (χ3v) is 3.99. The molecule has 1 unspecified atom stereocenters. The molecule has 2 rings (SSSR count). The first-order valence-electron chi connectivity index (χ1n) is 6.34. The lowest BCUT2D eigenvalue weighted by molar-refractivity contribution is 0.389. The number of nitrogens with zero attached hydrogens (tertiary/aromatic N) is 1. The Bertz CT molecular complexity index is 350. The highest BCUT2D eigenvalue weighted by atomic mass is 35.5. The highest BCUT2D eigenvalue weighted by Gasteiger charge is 2.20. The van der Waals surface area contributed by atoms with Gasteiger partial charge in [-0.05, 0) is 30.4 Å². The van der Waals surface area contributed by atoms with E-state index in [0.717, 1.165) is 29.3 Å². The molecule has 1 aliphatic carbocycles. The van der Waals surface area contributed by atoms with Gasteiger partial charge < -0.3 is 0 Å². The van der Waals surface area contributed by atoms with Gasteiger partial charge in [0.15, 0.2) is 0 Å². The summed E-state index contributed by atoms with van der Waals surface area (Å²) in [7, 11) is 0. The highest BCUT2D eigenvalue weighted by molar-refractivity contribution is 6.31. The van der Waals surface area contributed by atoms with Gasteiger partial charge in [0.25, 0.3) is 0 Å². The van der Waals surface area contributed by atoms with Crippen LogP contribution in [0.5, 0.6) is 0 Å². The zero-order valence-corrected chi connectivity index (χ0v) is 10.8. The largest absolute Gasteiger partial charge is 0.271 e. The number of halogens is 1. The fraction of sp³-hybridized carbons (Fsp3) is 0.615. The first-order chi connectivity index (χ1) is 8.29. The summed E-state index contributed by atoms with van der Waals surface area (Å²) in [6, 6.07) is 2.29. The predicted octanol–water partition coefficient (Wildman–Crippen LogP) is 2.69. The standard InChI is InChI=1S/C13H20ClN3/c14-13-9-16-6-5-11(13)8-12(17-15)7-10-3-1-2-4-10/h5-6,9-10,12,17H,1-4,7-8,15H2. The van der Waals surface area contributed by atoms with Gasteiger partial charge in [0.2, 0.25) is 0 Å². The van der Waals surface area contributed by atoms with Gasteiger partial charge in [-0.2, -0.15) is 0 Å². The number of hydrogen-bond donors (Lipinski definition) is 2. The normalized spacial score (nSPS) is 18.5. The fourth-order valence-corrected chi connectivity index (χ4v) is 2.89. The number of hydrazine groups is 1. The van der Waals surface area contributed by atoms with Crippen LogP contribution in [0.2, 0.25) is 5.02 Å². The molecular weight excluding hydrogens is 234 g/mol. The molecule has 94 valence electrons. The third kappa shape index (κ3) is 3.66. The quantitative estimate of drug-likeness (QED) is 0.627. The predicted molar refractivity (Wildman–Crippen MR) is 70.6 cm³/mol. The molecule has 0 radical (unpaired) electrons. The SMILES string of the molecule is NNC(Cc1ccncc1Cl)CC1CCCC1. The van der Waals surface area contributed by atoms with Crippen molar-refractivity contribution in [3.63, 3.8) is 0 Å². The molecule has 0 spiro atoms. The summed E-state index contributed by atoms with van der Waals surface area (Å²) in [4.78, 5) is 4.00. The van der Waals surface area contributed by atoms with Crippen molar-refractivity contribution < 1.29 is 0 Å². The minimum atomic E-state index is 0.318. The Labute approximate surface area is 108 Å². The van der Waals surface area contributed by atoms with E-state index in [2.05, 4.69) is 10.4 Å². The lowest BCUT2D eigenvalue weighted by Crippen LogP contribution is -2.38. The summed E-state index contributed by atoms with van der Waals surface area (Å²) < 4.78 is 0. The summed E-state index contributed by atoms with van der Waals surface area (Å²) >= 11 is 6.11. The van der Waals surface area contributed by atoms with Crippen LogP contribution in [0.3, 0.4) is 0 Å². The lowest BCUT2D eigenvalue weighted by atomic mass is 9.95. The molecule has 0 aromatic carbocycles. The van der Waals surface area contributed by atoms with Crippen LogP contribution >= 0.6 is 11.6 Å². The molecule has 1 aromatic rings. The van der Waals surface area contributed by atoms with E-state index in [4.69, 9.17) is 17.4 Å². The average molecular weight is 254 g/mol. The van der Waals surface area contributed by atoms with E-state index >= 15 is 0 Å². The van der Waals surface area contributed by atoms with Gasteiger partial charge in [-0.3, -0.25) is 16.3 Å². The summed E-state index contributed by atoms with van der Waals surface area (Å²) in [5.41, 5.74) is 4.05. The van der Waals surface area contributed by atoms with E-state index in [-0.39, 0.29) is 0 Å². The molecule has 1 heterocycles. The van der Waals surface area contributed by atoms with Crippen LogP contribution in [-0.2, 0) is 6.42 Å². The Hall–Kier alpha value is -0.640. The van der Waals surface area contributed by atoms with Gasteiger partial charge in [0, 0.05) is 18.4 Å². The Kier molecular flexibility index (Phi) is 4.77. The molecule has 3 N–H and O–H groups in total. The third-order valence-electron chi connectivity index (χ3n) is 3.65. The Morgan fingerprint density at radius 3 is 2.88 bits per heavy atom. The van der Waals surface area contributed by atoms with E-state index in [1.54, 1.807) is 12.4 Å². The van der Waals surface area contributed by atoms with Gasteiger partial charge in [-0.25, -0.2) is 0 Å². The number of nitrogens with two attached hydrogens (primary N) is 1. The smallest absolute Gasteiger partial charge is 0.0621 e. The van der Waals surface area contributed by atoms with Crippen LogP contribution in [0.1, 0.15) is 37.7 Å². The van der Waals surface area contributed by atoms with E-state index in [0.29, 0.717) is 6.04 Å². The van der Waals surface area contributed by atoms with Crippen molar-refractivity contribution in [2.45, 2.75) is 44.6 Å². The van der Waals surface area contributed by atoms with Crippen LogP contribution in [0, 0.1) is 5.92 Å². The van der Waals surface area contributed by atoms with Gasteiger partial charge in [-0.1, -0.05) is 37.3 Å². The minimum absolute atomic E-state index is 0.318. The summed E-state index contributed by atoms with van der Waals surface area (Å²) in [5.74, 6) is 6.47. The molecule has 0 bridgehead atoms. The Morgan fingerprint density at radius 1 is 1.47 bits per heavy atom. The summed E-state index contributed by atoms with van der Waals surface area (Å²) in [6.45, 7) is 0. The van der Waals surface area contributed by atoms with E-state index in [1.165, 1.54) is 25.7 Å². The number of aromatic nitrogens is 1. The number of hydrogen-bond acceptors (Lipinski definition) is 3. The molecule has 0 saturated heterocycles. The highest BCUT2D eigenvalue weighted by Crippen LogP contribution is 2.29. The second kappa shape index (κ2) is 6.34. The monoisotopic (exact) mass is 253 g/mol. The summed E-state index contributed by atoms with van der Waals surface area (Å²) in [5, 5.41) is 0.735. The van der Waals surface area contributed by atoms with Crippen LogP contribution in [-0.4, -0.2) is 11.0 Å². The van der Waals surface area contributed by atoms with E-state index in [1.807, 2.05) is 6.07 Å². The van der Waals surface area contributed by atoms with Crippen LogP contribution in [0.4, 0.5) is 0 Å². The summed E-state index contributed by atoms with van der Waals surface area (Å²) in [6.07, 6.45) is 11.0. The van der Waals surface area contributed by atoms with Crippen LogP contribution < -0.4 is 11.3 Å². The second-order valence-corrected chi connectivity index (χ2v) is 5.33. The first-order valence-corrected chi connectivity index (χ1v) is 6.72. The van der Waals surface area contributed by atoms with E-state index in [9.17, 15) is 0 Å². The number of rotatable bonds is 5. The molecule has 1 fully saturated rings. The van der Waals surface area contributed by atoms with Crippen molar-refractivity contribution in [2.24, 2.45) is 11.8 Å². The maximum Gasteiger partial charge on any atom is 0.0621 e. The van der Waals surface area contributed by atoms with Crippen LogP contribution in [0.15, 0.2) is 18.5 Å². The molecule has 0 aliphatic heterocycles. The van der Waals surface area contributed by atoms with Gasteiger partial charge in [0.05, 0.1) is 5.02 Å². The molecule has 1 aromatic heterocycles. The van der Waals surface area contributed by atoms with Crippen molar-refractivity contribution in [1.82, 2.24) is 10.4 Å². The average Bonchev–Trinajstić information content (AvgIpc) is 2.84. The Balaban J connectivity index is 1.92. The minimum Gasteiger partial charge on any atom is -0.271 e. The maximum atomic E-state index is 6.11. The molecule has 0 amide bonds. The van der Waals surface area contributed by atoms with Crippen molar-refractivity contribution >= 4 is 11.6 Å². The second-order valence-electron chi connectivity index (χ2n) is 4.92. The molecule has 17 heavy (non-hydrogen) atoms. The zero-order valence-electron chi connectivity index (χ0n) is 10.0. The van der Waals surface area contributed by atoms with Gasteiger partial charge in [0.1, 0.15) is 0 Å². The number of pyridine rings is 1. The molecule has 4 heteroatoms. The van der Waals surface area contributed by atoms with Crippen molar-refractivity contribution in [1.29, 1.82) is 0 Å².